The van der Waals surface area contributed by atoms with Crippen LogP contribution in [-0.4, -0.2) is 21.9 Å². The van der Waals surface area contributed by atoms with Crippen molar-refractivity contribution in [2.45, 2.75) is 38.8 Å². The quantitative estimate of drug-likeness (QED) is 0.848. The molecule has 0 atom stereocenters. The normalized spacial score (nSPS) is 15.8. The van der Waals surface area contributed by atoms with Gasteiger partial charge in [0.1, 0.15) is 11.5 Å². The molecule has 0 aliphatic heterocycles. The van der Waals surface area contributed by atoms with Crippen LogP contribution in [0.2, 0.25) is 0 Å². The van der Waals surface area contributed by atoms with Gasteiger partial charge in [-0.15, -0.1) is 0 Å². The van der Waals surface area contributed by atoms with Gasteiger partial charge in [-0.25, -0.2) is 0 Å². The molecule has 3 rings (SSSR count). The van der Waals surface area contributed by atoms with Crippen LogP contribution < -0.4 is 0 Å². The molecule has 1 N–H and O–H groups in total. The summed E-state index contributed by atoms with van der Waals surface area (Å²) in [5.74, 6) is 0.235. The minimum Gasteiger partial charge on any atom is -0.481 e. The first-order valence-electron chi connectivity index (χ1n) is 7.65. The molecule has 0 aromatic carbocycles. The van der Waals surface area contributed by atoms with E-state index in [4.69, 9.17) is 8.83 Å². The molecule has 122 valence electrons. The van der Waals surface area contributed by atoms with E-state index in [-0.39, 0.29) is 12.3 Å². The molecule has 6 nitrogen and oxygen atoms in total. The highest BCUT2D eigenvalue weighted by molar-refractivity contribution is 5.85. The Morgan fingerprint density at radius 3 is 2.00 bits per heavy atom. The molecule has 6 heteroatoms. The van der Waals surface area contributed by atoms with E-state index < -0.39 is 11.4 Å². The van der Waals surface area contributed by atoms with Crippen LogP contribution in [0, 0.1) is 5.41 Å². The third kappa shape index (κ3) is 3.31. The lowest BCUT2D eigenvalue weighted by atomic mass is 9.66. The highest BCUT2D eigenvalue weighted by Gasteiger charge is 2.46. The number of aliphatic carboxylic acids is 1. The van der Waals surface area contributed by atoms with Gasteiger partial charge in [0.25, 0.3) is 0 Å². The van der Waals surface area contributed by atoms with Gasteiger partial charge in [-0.2, -0.15) is 0 Å². The van der Waals surface area contributed by atoms with Crippen molar-refractivity contribution in [1.82, 2.24) is 4.90 Å². The van der Waals surface area contributed by atoms with Crippen molar-refractivity contribution in [3.05, 3.63) is 48.3 Å². The molecule has 1 saturated carbocycles. The Kier molecular flexibility index (Phi) is 4.23. The standard InChI is InChI=1S/C17H19NO5/c19-15(10-17(16(20)21)6-3-7-17)18(11-13-4-1-8-22-13)12-14-5-2-9-23-14/h1-2,4-5,8-9H,3,6-7,10-12H2,(H,20,21). The average Bonchev–Trinajstić information content (AvgIpc) is 3.14. The van der Waals surface area contributed by atoms with Crippen LogP contribution in [-0.2, 0) is 22.7 Å². The van der Waals surface area contributed by atoms with Gasteiger partial charge in [-0.3, -0.25) is 9.59 Å². The van der Waals surface area contributed by atoms with E-state index in [1.165, 1.54) is 0 Å². The Morgan fingerprint density at radius 2 is 1.65 bits per heavy atom. The Labute approximate surface area is 133 Å². The molecule has 0 saturated heterocycles. The number of carbonyl (C=O) groups excluding carboxylic acids is 1. The van der Waals surface area contributed by atoms with Crippen LogP contribution in [0.5, 0.6) is 0 Å². The Balaban J connectivity index is 1.73. The predicted molar refractivity (Wildman–Crippen MR) is 80.2 cm³/mol. The summed E-state index contributed by atoms with van der Waals surface area (Å²) < 4.78 is 10.6. The summed E-state index contributed by atoms with van der Waals surface area (Å²) in [5.41, 5.74) is -0.901. The second kappa shape index (κ2) is 6.32. The highest BCUT2D eigenvalue weighted by Crippen LogP contribution is 2.44. The Morgan fingerprint density at radius 1 is 1.09 bits per heavy atom. The monoisotopic (exact) mass is 317 g/mol. The fraction of sp³-hybridized carbons (Fsp3) is 0.412. The van der Waals surface area contributed by atoms with Crippen molar-refractivity contribution in [1.29, 1.82) is 0 Å². The maximum atomic E-state index is 12.7. The molecule has 1 amide bonds. The van der Waals surface area contributed by atoms with Crippen LogP contribution in [0.4, 0.5) is 0 Å². The van der Waals surface area contributed by atoms with Gasteiger partial charge in [0.2, 0.25) is 5.91 Å². The summed E-state index contributed by atoms with van der Waals surface area (Å²) in [6.45, 7) is 0.588. The van der Waals surface area contributed by atoms with Gasteiger partial charge in [-0.05, 0) is 37.1 Å². The van der Waals surface area contributed by atoms with Gasteiger partial charge in [-0.1, -0.05) is 6.42 Å². The summed E-state index contributed by atoms with van der Waals surface area (Å²) >= 11 is 0. The maximum Gasteiger partial charge on any atom is 0.310 e. The smallest absolute Gasteiger partial charge is 0.310 e. The zero-order chi connectivity index (χ0) is 16.3. The molecule has 0 spiro atoms. The van der Waals surface area contributed by atoms with Crippen LogP contribution in [0.1, 0.15) is 37.2 Å². The minimum absolute atomic E-state index is 0.0176. The number of carboxylic acid groups (broad SMARTS) is 1. The van der Waals surface area contributed by atoms with Gasteiger partial charge in [0.15, 0.2) is 0 Å². The lowest BCUT2D eigenvalue weighted by Gasteiger charge is -2.38. The molecule has 0 unspecified atom stereocenters. The van der Waals surface area contributed by atoms with Gasteiger partial charge in [0, 0.05) is 6.42 Å². The van der Waals surface area contributed by atoms with E-state index in [1.54, 1.807) is 41.7 Å². The molecule has 1 fully saturated rings. The zero-order valence-electron chi connectivity index (χ0n) is 12.7. The molecular formula is C17H19NO5. The van der Waals surface area contributed by atoms with E-state index in [0.29, 0.717) is 37.5 Å². The number of rotatable bonds is 7. The molecule has 2 aromatic rings. The number of carboxylic acids is 1. The van der Waals surface area contributed by atoms with Crippen LogP contribution in [0.15, 0.2) is 45.6 Å². The molecule has 1 aliphatic carbocycles. The average molecular weight is 317 g/mol. The molecule has 0 radical (unpaired) electrons. The lowest BCUT2D eigenvalue weighted by molar-refractivity contribution is -0.160. The van der Waals surface area contributed by atoms with Crippen LogP contribution in [0.25, 0.3) is 0 Å². The van der Waals surface area contributed by atoms with Gasteiger partial charge in [0.05, 0.1) is 31.0 Å². The van der Waals surface area contributed by atoms with Crippen molar-refractivity contribution in [3.8, 4) is 0 Å². The van der Waals surface area contributed by atoms with Crippen molar-refractivity contribution in [2.24, 2.45) is 5.41 Å². The number of hydrogen-bond donors (Lipinski definition) is 1. The molecule has 2 aromatic heterocycles. The third-order valence-electron chi connectivity index (χ3n) is 4.46. The summed E-state index contributed by atoms with van der Waals surface area (Å²) in [7, 11) is 0. The first kappa shape index (κ1) is 15.4. The second-order valence-electron chi connectivity index (χ2n) is 6.02. The SMILES string of the molecule is O=C(CC1(C(=O)O)CCC1)N(Cc1ccco1)Cc1ccco1. The number of nitrogens with zero attached hydrogens (tertiary/aromatic N) is 1. The second-order valence-corrected chi connectivity index (χ2v) is 6.02. The highest BCUT2D eigenvalue weighted by atomic mass is 16.4. The largest absolute Gasteiger partial charge is 0.481 e. The Hall–Kier alpha value is -2.50. The van der Waals surface area contributed by atoms with E-state index in [0.717, 1.165) is 6.42 Å². The van der Waals surface area contributed by atoms with Crippen molar-refractivity contribution >= 4 is 11.9 Å². The third-order valence-corrected chi connectivity index (χ3v) is 4.46. The molecule has 1 aliphatic rings. The fourth-order valence-electron chi connectivity index (χ4n) is 2.88. The summed E-state index contributed by atoms with van der Waals surface area (Å²) in [5, 5.41) is 9.42. The van der Waals surface area contributed by atoms with Gasteiger partial charge < -0.3 is 18.8 Å². The first-order chi connectivity index (χ1) is 11.1. The molecular weight excluding hydrogens is 298 g/mol. The molecule has 2 heterocycles. The number of furan rings is 2. The van der Waals surface area contributed by atoms with E-state index in [9.17, 15) is 14.7 Å². The number of amides is 1. The van der Waals surface area contributed by atoms with Crippen molar-refractivity contribution in [3.63, 3.8) is 0 Å². The first-order valence-corrected chi connectivity index (χ1v) is 7.65. The van der Waals surface area contributed by atoms with Crippen LogP contribution >= 0.6 is 0 Å². The number of carbonyl (C=O) groups is 2. The topological polar surface area (TPSA) is 83.9 Å². The summed E-state index contributed by atoms with van der Waals surface area (Å²) in [6.07, 6.45) is 5.09. The van der Waals surface area contributed by atoms with E-state index >= 15 is 0 Å². The minimum atomic E-state index is -0.901. The van der Waals surface area contributed by atoms with Crippen LogP contribution in [0.3, 0.4) is 0 Å². The summed E-state index contributed by atoms with van der Waals surface area (Å²) in [4.78, 5) is 25.8. The fourth-order valence-corrected chi connectivity index (χ4v) is 2.88. The van der Waals surface area contributed by atoms with E-state index in [2.05, 4.69) is 0 Å². The Bertz CT molecular complexity index is 619. The lowest BCUT2D eigenvalue weighted by Crippen LogP contribution is -2.43. The zero-order valence-corrected chi connectivity index (χ0v) is 12.7. The van der Waals surface area contributed by atoms with E-state index in [1.807, 2.05) is 0 Å². The van der Waals surface area contributed by atoms with Crippen molar-refractivity contribution < 1.29 is 23.5 Å². The molecule has 0 bridgehead atoms. The van der Waals surface area contributed by atoms with Crippen molar-refractivity contribution in [2.75, 3.05) is 0 Å². The number of hydrogen-bond acceptors (Lipinski definition) is 4. The predicted octanol–water partition coefficient (Wildman–Crippen LogP) is 3.05. The van der Waals surface area contributed by atoms with Gasteiger partial charge >= 0.3 is 5.97 Å². The maximum absolute atomic E-state index is 12.7. The molecule has 23 heavy (non-hydrogen) atoms. The summed E-state index contributed by atoms with van der Waals surface area (Å²) in [6, 6.07) is 7.10.